The minimum absolute atomic E-state index is 0. The molecule has 3 aliphatic heterocycles. The van der Waals surface area contributed by atoms with Crippen molar-refractivity contribution in [3.8, 4) is 23.0 Å². The van der Waals surface area contributed by atoms with Gasteiger partial charge >= 0.3 is 12.1 Å². The zero-order chi connectivity index (χ0) is 33.8. The molecule has 2 unspecified atom stereocenters. The van der Waals surface area contributed by atoms with Gasteiger partial charge in [-0.2, -0.15) is 0 Å². The molecular weight excluding hydrogens is 669 g/mol. The number of fused-ring (bicyclic) bond motifs is 4. The van der Waals surface area contributed by atoms with Crippen molar-refractivity contribution in [3.63, 3.8) is 0 Å². The number of carbonyl (C=O) groups is 4. The zero-order valence-electron chi connectivity index (χ0n) is 27.4. The lowest BCUT2D eigenvalue weighted by Gasteiger charge is -2.34. The van der Waals surface area contributed by atoms with E-state index in [1.54, 1.807) is 23.1 Å². The number of benzene rings is 2. The average molecular weight is 707 g/mol. The number of methoxy groups -OCH3 is 4. The molecule has 0 bridgehead atoms. The molecular formula is C32H37Cl2N5O9. The highest BCUT2D eigenvalue weighted by Crippen LogP contribution is 2.49. The molecule has 2 atom stereocenters. The fraction of sp³-hybridized carbons (Fsp3) is 0.438. The minimum Gasteiger partial charge on any atom is -0.493 e. The first-order chi connectivity index (χ1) is 22.4. The van der Waals surface area contributed by atoms with Crippen molar-refractivity contribution in [2.24, 2.45) is 0 Å². The van der Waals surface area contributed by atoms with E-state index in [4.69, 9.17) is 35.3 Å². The summed E-state index contributed by atoms with van der Waals surface area (Å²) < 4.78 is 27.5. The van der Waals surface area contributed by atoms with Crippen LogP contribution >= 0.6 is 24.0 Å². The van der Waals surface area contributed by atoms with Crippen LogP contribution in [0, 0.1) is 0 Å². The van der Waals surface area contributed by atoms with Crippen molar-refractivity contribution in [1.29, 1.82) is 0 Å². The summed E-state index contributed by atoms with van der Waals surface area (Å²) in [5.74, 6) is -0.727. The van der Waals surface area contributed by atoms with Gasteiger partial charge in [0.15, 0.2) is 22.8 Å². The second-order valence-corrected chi connectivity index (χ2v) is 12.5. The van der Waals surface area contributed by atoms with Crippen molar-refractivity contribution >= 4 is 70.0 Å². The highest BCUT2D eigenvalue weighted by molar-refractivity contribution is 6.27. The molecule has 3 aromatic rings. The minimum atomic E-state index is -1.79. The lowest BCUT2D eigenvalue weighted by Crippen LogP contribution is -2.48. The molecule has 4 heterocycles. The molecule has 258 valence electrons. The fourth-order valence-corrected chi connectivity index (χ4v) is 6.71. The van der Waals surface area contributed by atoms with Crippen molar-refractivity contribution < 1.29 is 42.9 Å². The monoisotopic (exact) mass is 705 g/mol. The fourth-order valence-electron chi connectivity index (χ4n) is 6.42. The number of halogens is 2. The van der Waals surface area contributed by atoms with E-state index in [9.17, 15) is 19.2 Å². The van der Waals surface area contributed by atoms with Crippen LogP contribution in [0.4, 0.5) is 16.2 Å². The molecule has 2 amide bonds. The molecule has 0 saturated carbocycles. The number of alkyl halides is 1. The molecule has 1 aromatic heterocycles. The standard InChI is InChI=1S/C32H36ClN5O9.ClH/c1-32(30(41)46-6)28(39)23-18-13-17(33)15-38(20(18)14-21(25(23)35-32)47-31(42)37-9-7-36(2)8-10-37)29(40)19-11-16-12-22(43-3)26(44-4)27(45-5)24(16)34-19;/h11-12,14,17,34-35H,7-10,13,15H2,1-6H3;1H. The van der Waals surface area contributed by atoms with Gasteiger partial charge in [0.05, 0.1) is 56.3 Å². The summed E-state index contributed by atoms with van der Waals surface area (Å²) in [4.78, 5) is 62.8. The van der Waals surface area contributed by atoms with Crippen molar-refractivity contribution in [2.45, 2.75) is 24.3 Å². The number of ketones is 1. The molecule has 3 aliphatic rings. The van der Waals surface area contributed by atoms with Gasteiger partial charge < -0.3 is 48.7 Å². The molecule has 0 spiro atoms. The number of rotatable bonds is 6. The van der Waals surface area contributed by atoms with E-state index in [1.165, 1.54) is 40.3 Å². The van der Waals surface area contributed by atoms with E-state index in [1.807, 2.05) is 7.05 Å². The summed E-state index contributed by atoms with van der Waals surface area (Å²) in [5.41, 5.74) is -0.0219. The topological polar surface area (TPSA) is 152 Å². The number of anilines is 2. The van der Waals surface area contributed by atoms with E-state index in [2.05, 4.69) is 15.2 Å². The maximum Gasteiger partial charge on any atom is 0.415 e. The Morgan fingerprint density at radius 3 is 2.27 bits per heavy atom. The van der Waals surface area contributed by atoms with E-state index in [0.29, 0.717) is 65.6 Å². The molecule has 48 heavy (non-hydrogen) atoms. The third-order valence-electron chi connectivity index (χ3n) is 8.98. The quantitative estimate of drug-likeness (QED) is 0.219. The second-order valence-electron chi connectivity index (χ2n) is 11.9. The van der Waals surface area contributed by atoms with Gasteiger partial charge in [-0.25, -0.2) is 9.59 Å². The molecule has 16 heteroatoms. The molecule has 0 radical (unpaired) electrons. The number of nitrogens with zero attached hydrogens (tertiary/aromatic N) is 3. The van der Waals surface area contributed by atoms with E-state index >= 15 is 0 Å². The number of esters is 1. The number of hydrogen-bond acceptors (Lipinski definition) is 11. The Kier molecular flexibility index (Phi) is 9.64. The van der Waals surface area contributed by atoms with Crippen molar-refractivity contribution in [3.05, 3.63) is 35.0 Å². The number of H-pyrrole nitrogens is 1. The molecule has 6 rings (SSSR count). The van der Waals surface area contributed by atoms with Crippen LogP contribution in [0.3, 0.4) is 0 Å². The average Bonchev–Trinajstić information content (AvgIpc) is 3.62. The predicted octanol–water partition coefficient (Wildman–Crippen LogP) is 3.71. The number of nitrogens with one attached hydrogen (secondary N) is 2. The Morgan fingerprint density at radius 1 is 0.958 bits per heavy atom. The molecule has 14 nitrogen and oxygen atoms in total. The Balaban J connectivity index is 0.00000451. The van der Waals surface area contributed by atoms with Crippen LogP contribution in [0.15, 0.2) is 18.2 Å². The van der Waals surface area contributed by atoms with Crippen LogP contribution in [0.25, 0.3) is 10.9 Å². The highest BCUT2D eigenvalue weighted by atomic mass is 35.5. The number of Topliss-reactive ketones (excluding diaryl/α,β-unsaturated/α-hetero) is 1. The van der Waals surface area contributed by atoms with Crippen LogP contribution in [-0.4, -0.2) is 118 Å². The highest BCUT2D eigenvalue weighted by Gasteiger charge is 2.52. The number of amides is 2. The molecule has 1 saturated heterocycles. The normalized spacial score (nSPS) is 20.3. The SMILES string of the molecule is COC(=O)C1(C)Nc2c(OC(=O)N3CCN(C)CC3)cc3c(c2C1=O)CC(Cl)CN3C(=O)c1cc2cc(OC)c(OC)c(OC)c2[nH]1.Cl. The van der Waals surface area contributed by atoms with Gasteiger partial charge in [0, 0.05) is 44.2 Å². The number of carbonyl (C=O) groups excluding carboxylic acids is 4. The molecule has 1 fully saturated rings. The van der Waals surface area contributed by atoms with Gasteiger partial charge in [-0.05, 0) is 38.1 Å². The van der Waals surface area contributed by atoms with Crippen molar-refractivity contribution in [2.75, 3.05) is 78.4 Å². The van der Waals surface area contributed by atoms with E-state index in [0.717, 1.165) is 0 Å². The molecule has 2 aromatic carbocycles. The summed E-state index contributed by atoms with van der Waals surface area (Å²) in [5, 5.41) is 3.02. The summed E-state index contributed by atoms with van der Waals surface area (Å²) in [6, 6.07) is 4.92. The predicted molar refractivity (Wildman–Crippen MR) is 180 cm³/mol. The summed E-state index contributed by atoms with van der Waals surface area (Å²) in [7, 11) is 7.62. The van der Waals surface area contributed by atoms with Gasteiger partial charge in [-0.15, -0.1) is 24.0 Å². The van der Waals surface area contributed by atoms with Gasteiger partial charge in [-0.1, -0.05) is 0 Å². The molecule has 0 aliphatic carbocycles. The number of ether oxygens (including phenoxy) is 5. The Hall–Kier alpha value is -4.40. The number of likely N-dealkylation sites (N-methyl/N-ethyl adjacent to an activating group) is 1. The summed E-state index contributed by atoms with van der Waals surface area (Å²) in [6.07, 6.45) is -0.398. The third kappa shape index (κ3) is 5.61. The van der Waals surface area contributed by atoms with E-state index < -0.39 is 34.7 Å². The lowest BCUT2D eigenvalue weighted by molar-refractivity contribution is -0.143. The summed E-state index contributed by atoms with van der Waals surface area (Å²) in [6.45, 7) is 3.73. The smallest absolute Gasteiger partial charge is 0.415 e. The second kappa shape index (κ2) is 13.2. The number of aromatic amines is 1. The van der Waals surface area contributed by atoms with Crippen LogP contribution in [0.2, 0.25) is 0 Å². The number of piperazine rings is 1. The first-order valence-corrected chi connectivity index (χ1v) is 15.4. The largest absolute Gasteiger partial charge is 0.493 e. The van der Waals surface area contributed by atoms with Crippen LogP contribution < -0.4 is 29.2 Å². The lowest BCUT2D eigenvalue weighted by atomic mass is 9.88. The first kappa shape index (κ1) is 34.9. The zero-order valence-corrected chi connectivity index (χ0v) is 28.9. The third-order valence-corrected chi connectivity index (χ3v) is 9.27. The maximum atomic E-state index is 14.3. The Morgan fingerprint density at radius 2 is 1.65 bits per heavy atom. The van der Waals surface area contributed by atoms with Crippen LogP contribution in [-0.2, 0) is 16.0 Å². The van der Waals surface area contributed by atoms with Gasteiger partial charge in [-0.3, -0.25) is 9.59 Å². The number of aromatic nitrogens is 1. The van der Waals surface area contributed by atoms with Crippen molar-refractivity contribution in [1.82, 2.24) is 14.8 Å². The summed E-state index contributed by atoms with van der Waals surface area (Å²) >= 11 is 6.75. The van der Waals surface area contributed by atoms with Crippen LogP contribution in [0.5, 0.6) is 23.0 Å². The maximum absolute atomic E-state index is 14.3. The number of hydrogen-bond donors (Lipinski definition) is 2. The van der Waals surface area contributed by atoms with Gasteiger partial charge in [0.1, 0.15) is 5.69 Å². The van der Waals surface area contributed by atoms with Gasteiger partial charge in [0.2, 0.25) is 11.5 Å². The van der Waals surface area contributed by atoms with Crippen LogP contribution in [0.1, 0.15) is 33.3 Å². The Labute approximate surface area is 287 Å². The molecule has 2 N–H and O–H groups in total. The first-order valence-electron chi connectivity index (χ1n) is 15.0. The Bertz CT molecular complexity index is 1810. The van der Waals surface area contributed by atoms with Gasteiger partial charge in [0.25, 0.3) is 5.91 Å². The van der Waals surface area contributed by atoms with E-state index in [-0.39, 0.29) is 48.1 Å².